The van der Waals surface area contributed by atoms with Gasteiger partial charge in [0.05, 0.1) is 15.7 Å². The van der Waals surface area contributed by atoms with E-state index in [4.69, 9.17) is 28.9 Å². The van der Waals surface area contributed by atoms with Gasteiger partial charge in [-0.2, -0.15) is 0 Å². The molecule has 1 heterocycles. The Bertz CT molecular complexity index is 759. The summed E-state index contributed by atoms with van der Waals surface area (Å²) in [4.78, 5) is 4.11. The second kappa shape index (κ2) is 5.19. The zero-order chi connectivity index (χ0) is 14.1. The lowest BCUT2D eigenvalue weighted by Crippen LogP contribution is -1.95. The normalized spacial score (nSPS) is 10.7. The van der Waals surface area contributed by atoms with Crippen LogP contribution in [0.25, 0.3) is 10.8 Å². The van der Waals surface area contributed by atoms with Crippen molar-refractivity contribution < 1.29 is 0 Å². The van der Waals surface area contributed by atoms with Crippen molar-refractivity contribution in [3.63, 3.8) is 0 Å². The topological polar surface area (TPSA) is 50.9 Å². The second-order valence-electron chi connectivity index (χ2n) is 4.39. The Kier molecular flexibility index (Phi) is 3.38. The summed E-state index contributed by atoms with van der Waals surface area (Å²) >= 11 is 12.4. The Labute approximate surface area is 126 Å². The van der Waals surface area contributed by atoms with Crippen LogP contribution in [0.4, 0.5) is 17.1 Å². The Morgan fingerprint density at radius 3 is 2.55 bits per heavy atom. The first kappa shape index (κ1) is 13.0. The van der Waals surface area contributed by atoms with E-state index in [0.717, 1.165) is 16.5 Å². The maximum absolute atomic E-state index is 6.20. The zero-order valence-corrected chi connectivity index (χ0v) is 11.9. The highest BCUT2D eigenvalue weighted by molar-refractivity contribution is 6.39. The molecule has 0 radical (unpaired) electrons. The molecule has 2 aromatic carbocycles. The number of nitrogens with zero attached hydrogens (tertiary/aromatic N) is 1. The van der Waals surface area contributed by atoms with Crippen LogP contribution >= 0.6 is 23.2 Å². The highest BCUT2D eigenvalue weighted by Crippen LogP contribution is 2.36. The number of nitrogens with two attached hydrogens (primary N) is 1. The van der Waals surface area contributed by atoms with Gasteiger partial charge in [0.25, 0.3) is 0 Å². The average Bonchev–Trinajstić information content (AvgIpc) is 2.43. The molecule has 0 unspecified atom stereocenters. The number of pyridine rings is 1. The number of hydrogen-bond acceptors (Lipinski definition) is 3. The molecule has 0 fully saturated rings. The van der Waals surface area contributed by atoms with Crippen LogP contribution in [-0.2, 0) is 0 Å². The molecule has 0 saturated heterocycles. The number of rotatable bonds is 2. The van der Waals surface area contributed by atoms with Crippen LogP contribution in [0.2, 0.25) is 10.0 Å². The Hall–Kier alpha value is -1.97. The molecule has 5 heteroatoms. The maximum Gasteiger partial charge on any atom is 0.0764 e. The van der Waals surface area contributed by atoms with Gasteiger partial charge in [-0.3, -0.25) is 4.98 Å². The Morgan fingerprint density at radius 1 is 1.05 bits per heavy atom. The number of benzene rings is 2. The number of aromatic nitrogens is 1. The number of fused-ring (bicyclic) bond motifs is 1. The number of nitrogens with one attached hydrogen (secondary N) is 1. The molecule has 3 aromatic rings. The first-order valence-electron chi connectivity index (χ1n) is 5.99. The molecule has 3 nitrogen and oxygen atoms in total. The summed E-state index contributed by atoms with van der Waals surface area (Å²) in [7, 11) is 0. The van der Waals surface area contributed by atoms with E-state index in [9.17, 15) is 0 Å². The standard InChI is InChI=1S/C15H11Cl2N3/c16-12-6-10(18)7-13(17)15(12)20-14-3-1-2-9-8-19-5-4-11(9)14/h1-8,20H,18H2. The molecular weight excluding hydrogens is 293 g/mol. The molecule has 0 aliphatic heterocycles. The first-order chi connectivity index (χ1) is 9.65. The van der Waals surface area contributed by atoms with Gasteiger partial charge in [-0.15, -0.1) is 0 Å². The van der Waals surface area contributed by atoms with Crippen molar-refractivity contribution >= 4 is 51.0 Å². The van der Waals surface area contributed by atoms with E-state index in [1.165, 1.54) is 0 Å². The van der Waals surface area contributed by atoms with Crippen molar-refractivity contribution in [2.45, 2.75) is 0 Å². The predicted molar refractivity (Wildman–Crippen MR) is 85.9 cm³/mol. The lowest BCUT2D eigenvalue weighted by Gasteiger charge is -2.13. The monoisotopic (exact) mass is 303 g/mol. The number of hydrogen-bond donors (Lipinski definition) is 2. The minimum absolute atomic E-state index is 0.487. The van der Waals surface area contributed by atoms with Crippen molar-refractivity contribution in [2.75, 3.05) is 11.1 Å². The van der Waals surface area contributed by atoms with Crippen molar-refractivity contribution in [1.29, 1.82) is 0 Å². The molecule has 0 spiro atoms. The molecule has 3 rings (SSSR count). The molecule has 3 N–H and O–H groups in total. The van der Waals surface area contributed by atoms with Crippen LogP contribution in [0.15, 0.2) is 48.8 Å². The van der Waals surface area contributed by atoms with Crippen molar-refractivity contribution in [3.8, 4) is 0 Å². The van der Waals surface area contributed by atoms with Crippen molar-refractivity contribution in [3.05, 3.63) is 58.8 Å². The van der Waals surface area contributed by atoms with Crippen LogP contribution < -0.4 is 11.1 Å². The van der Waals surface area contributed by atoms with Gasteiger partial charge < -0.3 is 11.1 Å². The van der Waals surface area contributed by atoms with Gasteiger partial charge in [-0.1, -0.05) is 35.3 Å². The fourth-order valence-electron chi connectivity index (χ4n) is 2.08. The van der Waals surface area contributed by atoms with E-state index < -0.39 is 0 Å². The summed E-state index contributed by atoms with van der Waals surface area (Å²) in [5.74, 6) is 0. The molecule has 1 aromatic heterocycles. The molecule has 0 saturated carbocycles. The van der Waals surface area contributed by atoms with Crippen molar-refractivity contribution in [2.24, 2.45) is 0 Å². The zero-order valence-electron chi connectivity index (χ0n) is 10.4. The molecule has 0 bridgehead atoms. The molecule has 0 atom stereocenters. The van der Waals surface area contributed by atoms with E-state index in [2.05, 4.69) is 10.3 Å². The molecule has 20 heavy (non-hydrogen) atoms. The number of nitrogen functional groups attached to an aromatic ring is 1. The third-order valence-electron chi connectivity index (χ3n) is 3.00. The van der Waals surface area contributed by atoms with Crippen LogP contribution in [0.3, 0.4) is 0 Å². The third-order valence-corrected chi connectivity index (χ3v) is 3.60. The first-order valence-corrected chi connectivity index (χ1v) is 6.75. The lowest BCUT2D eigenvalue weighted by atomic mass is 10.1. The summed E-state index contributed by atoms with van der Waals surface area (Å²) in [5, 5.41) is 6.33. The highest BCUT2D eigenvalue weighted by Gasteiger charge is 2.09. The minimum Gasteiger partial charge on any atom is -0.399 e. The summed E-state index contributed by atoms with van der Waals surface area (Å²) in [5.41, 5.74) is 7.80. The van der Waals surface area contributed by atoms with E-state index in [1.807, 2.05) is 30.5 Å². The van der Waals surface area contributed by atoms with Crippen LogP contribution in [0.1, 0.15) is 0 Å². The Balaban J connectivity index is 2.10. The van der Waals surface area contributed by atoms with Gasteiger partial charge in [0, 0.05) is 34.5 Å². The van der Waals surface area contributed by atoms with Gasteiger partial charge in [0.2, 0.25) is 0 Å². The van der Waals surface area contributed by atoms with Gasteiger partial charge >= 0.3 is 0 Å². The fraction of sp³-hybridized carbons (Fsp3) is 0. The molecule has 0 aliphatic carbocycles. The van der Waals surface area contributed by atoms with E-state index in [1.54, 1.807) is 18.3 Å². The summed E-state index contributed by atoms with van der Waals surface area (Å²) in [6.45, 7) is 0. The fourth-order valence-corrected chi connectivity index (χ4v) is 2.68. The number of halogens is 2. The molecule has 100 valence electrons. The van der Waals surface area contributed by atoms with Gasteiger partial charge in [-0.25, -0.2) is 0 Å². The highest BCUT2D eigenvalue weighted by atomic mass is 35.5. The third kappa shape index (κ3) is 2.38. The van der Waals surface area contributed by atoms with Crippen molar-refractivity contribution in [1.82, 2.24) is 4.98 Å². The summed E-state index contributed by atoms with van der Waals surface area (Å²) in [6, 6.07) is 11.2. The lowest BCUT2D eigenvalue weighted by molar-refractivity contribution is 1.36. The van der Waals surface area contributed by atoms with Gasteiger partial charge in [-0.05, 0) is 24.3 Å². The van der Waals surface area contributed by atoms with Crippen LogP contribution in [0, 0.1) is 0 Å². The largest absolute Gasteiger partial charge is 0.399 e. The van der Waals surface area contributed by atoms with Gasteiger partial charge in [0.15, 0.2) is 0 Å². The maximum atomic E-state index is 6.20. The van der Waals surface area contributed by atoms with E-state index in [0.29, 0.717) is 21.4 Å². The molecule has 0 aliphatic rings. The molecule has 0 amide bonds. The summed E-state index contributed by atoms with van der Waals surface area (Å²) < 4.78 is 0. The van der Waals surface area contributed by atoms with Gasteiger partial charge in [0.1, 0.15) is 0 Å². The second-order valence-corrected chi connectivity index (χ2v) is 5.20. The predicted octanol–water partition coefficient (Wildman–Crippen LogP) is 4.87. The number of anilines is 3. The smallest absolute Gasteiger partial charge is 0.0764 e. The quantitative estimate of drug-likeness (QED) is 0.664. The van der Waals surface area contributed by atoms with E-state index >= 15 is 0 Å². The van der Waals surface area contributed by atoms with Crippen LogP contribution in [-0.4, -0.2) is 4.98 Å². The Morgan fingerprint density at radius 2 is 1.80 bits per heavy atom. The summed E-state index contributed by atoms with van der Waals surface area (Å²) in [6.07, 6.45) is 3.56. The van der Waals surface area contributed by atoms with Crippen LogP contribution in [0.5, 0.6) is 0 Å². The molecular formula is C15H11Cl2N3. The minimum atomic E-state index is 0.487. The SMILES string of the molecule is Nc1cc(Cl)c(Nc2cccc3cnccc23)c(Cl)c1. The van der Waals surface area contributed by atoms with E-state index in [-0.39, 0.29) is 0 Å². The average molecular weight is 304 g/mol.